The summed E-state index contributed by atoms with van der Waals surface area (Å²) < 4.78 is 1.16. The summed E-state index contributed by atoms with van der Waals surface area (Å²) >= 11 is 3.53. The average molecular weight is 284 g/mol. The van der Waals surface area contributed by atoms with Gasteiger partial charge in [-0.3, -0.25) is 0 Å². The van der Waals surface area contributed by atoms with Crippen molar-refractivity contribution >= 4 is 21.6 Å². The Morgan fingerprint density at radius 3 is 2.12 bits per heavy atom. The molecule has 0 fully saturated rings. The molecule has 1 nitrogen and oxygen atoms in total. The van der Waals surface area contributed by atoms with E-state index in [1.165, 1.54) is 23.2 Å². The lowest BCUT2D eigenvalue weighted by atomic mass is 9.99. The second-order valence-corrected chi connectivity index (χ2v) is 5.65. The monoisotopic (exact) mass is 283 g/mol. The van der Waals surface area contributed by atoms with Crippen LogP contribution in [0.3, 0.4) is 0 Å². The Bertz CT molecular complexity index is 337. The summed E-state index contributed by atoms with van der Waals surface area (Å²) in [4.78, 5) is 0. The van der Waals surface area contributed by atoms with Crippen LogP contribution in [0.25, 0.3) is 0 Å². The molecule has 0 saturated heterocycles. The van der Waals surface area contributed by atoms with E-state index < -0.39 is 0 Å². The number of halogens is 1. The average Bonchev–Trinajstić information content (AvgIpc) is 2.21. The van der Waals surface area contributed by atoms with E-state index in [4.69, 9.17) is 0 Å². The van der Waals surface area contributed by atoms with E-state index >= 15 is 0 Å². The fourth-order valence-corrected chi connectivity index (χ4v) is 2.55. The molecule has 0 saturated carbocycles. The van der Waals surface area contributed by atoms with Crippen molar-refractivity contribution in [1.82, 2.24) is 0 Å². The Labute approximate surface area is 108 Å². The summed E-state index contributed by atoms with van der Waals surface area (Å²) in [7, 11) is 0. The molecule has 0 heterocycles. The Morgan fingerprint density at radius 1 is 1.19 bits per heavy atom. The molecule has 1 N–H and O–H groups in total. The minimum absolute atomic E-state index is 0.517. The van der Waals surface area contributed by atoms with Gasteiger partial charge in [0.25, 0.3) is 0 Å². The molecule has 90 valence electrons. The molecular formula is C14H22BrN. The quantitative estimate of drug-likeness (QED) is 0.828. The van der Waals surface area contributed by atoms with Crippen LogP contribution < -0.4 is 5.32 Å². The van der Waals surface area contributed by atoms with Gasteiger partial charge in [-0.25, -0.2) is 0 Å². The van der Waals surface area contributed by atoms with Crippen LogP contribution in [0.15, 0.2) is 16.6 Å². The summed E-state index contributed by atoms with van der Waals surface area (Å²) in [5.41, 5.74) is 3.90. The van der Waals surface area contributed by atoms with Crippen LogP contribution in [0.2, 0.25) is 0 Å². The minimum Gasteiger partial charge on any atom is -0.382 e. The maximum Gasteiger partial charge on any atom is 0.0402 e. The highest BCUT2D eigenvalue weighted by molar-refractivity contribution is 9.10. The van der Waals surface area contributed by atoms with E-state index in [0.29, 0.717) is 12.0 Å². The van der Waals surface area contributed by atoms with Gasteiger partial charge in [0.2, 0.25) is 0 Å². The fourth-order valence-electron chi connectivity index (χ4n) is 1.86. The first-order valence-electron chi connectivity index (χ1n) is 5.99. The van der Waals surface area contributed by atoms with Gasteiger partial charge in [0.1, 0.15) is 0 Å². The second-order valence-electron chi connectivity index (χ2n) is 4.73. The number of rotatable bonds is 4. The van der Waals surface area contributed by atoms with Crippen LogP contribution in [0, 0.1) is 19.8 Å². The molecule has 0 aliphatic rings. The van der Waals surface area contributed by atoms with Gasteiger partial charge in [-0.1, -0.05) is 36.2 Å². The molecule has 16 heavy (non-hydrogen) atoms. The molecule has 2 atom stereocenters. The maximum atomic E-state index is 3.64. The predicted octanol–water partition coefficient (Wildman–Crippen LogP) is 4.91. The lowest BCUT2D eigenvalue weighted by molar-refractivity contribution is 0.494. The largest absolute Gasteiger partial charge is 0.382 e. The standard InChI is InChI=1S/C14H22BrN/c1-6-9(2)12(5)16-14-10(3)7-13(15)8-11(14)4/h7-9,12,16H,6H2,1-5H3. The van der Waals surface area contributed by atoms with Crippen molar-refractivity contribution in [3.63, 3.8) is 0 Å². The first-order chi connectivity index (χ1) is 7.45. The third-order valence-corrected chi connectivity index (χ3v) is 3.82. The molecule has 2 unspecified atom stereocenters. The fraction of sp³-hybridized carbons (Fsp3) is 0.571. The summed E-state index contributed by atoms with van der Waals surface area (Å²) in [6, 6.07) is 4.85. The number of hydrogen-bond acceptors (Lipinski definition) is 1. The first kappa shape index (κ1) is 13.6. The van der Waals surface area contributed by atoms with Crippen LogP contribution in [-0.4, -0.2) is 6.04 Å². The maximum absolute atomic E-state index is 3.64. The van der Waals surface area contributed by atoms with Crippen molar-refractivity contribution in [3.05, 3.63) is 27.7 Å². The molecule has 1 aromatic carbocycles. The van der Waals surface area contributed by atoms with Gasteiger partial charge in [0, 0.05) is 16.2 Å². The molecule has 0 aliphatic carbocycles. The van der Waals surface area contributed by atoms with Crippen molar-refractivity contribution in [2.75, 3.05) is 5.32 Å². The highest BCUT2D eigenvalue weighted by Crippen LogP contribution is 2.26. The van der Waals surface area contributed by atoms with Gasteiger partial charge >= 0.3 is 0 Å². The third-order valence-electron chi connectivity index (χ3n) is 3.37. The zero-order valence-corrected chi connectivity index (χ0v) is 12.5. The zero-order chi connectivity index (χ0) is 12.3. The number of hydrogen-bond donors (Lipinski definition) is 1. The van der Waals surface area contributed by atoms with E-state index in [2.05, 4.69) is 68.0 Å². The molecule has 0 aliphatic heterocycles. The molecule has 0 spiro atoms. The summed E-state index contributed by atoms with van der Waals surface area (Å²) in [5, 5.41) is 3.64. The van der Waals surface area contributed by atoms with E-state index in [1.807, 2.05) is 0 Å². The molecular weight excluding hydrogens is 262 g/mol. The van der Waals surface area contributed by atoms with Crippen LogP contribution in [0.1, 0.15) is 38.3 Å². The van der Waals surface area contributed by atoms with E-state index in [9.17, 15) is 0 Å². The lowest BCUT2D eigenvalue weighted by Gasteiger charge is -2.23. The normalized spacial score (nSPS) is 14.6. The Kier molecular flexibility index (Phi) is 4.85. The second kappa shape index (κ2) is 5.72. The zero-order valence-electron chi connectivity index (χ0n) is 10.9. The van der Waals surface area contributed by atoms with E-state index in [0.717, 1.165) is 4.47 Å². The molecule has 0 radical (unpaired) electrons. The Hall–Kier alpha value is -0.500. The molecule has 0 bridgehead atoms. The SMILES string of the molecule is CCC(C)C(C)Nc1c(C)cc(Br)cc1C. The van der Waals surface area contributed by atoms with Gasteiger partial charge in [-0.05, 0) is 49.9 Å². The van der Waals surface area contributed by atoms with Crippen molar-refractivity contribution in [2.45, 2.75) is 47.1 Å². The molecule has 2 heteroatoms. The van der Waals surface area contributed by atoms with Gasteiger partial charge in [-0.15, -0.1) is 0 Å². The topological polar surface area (TPSA) is 12.0 Å². The highest BCUT2D eigenvalue weighted by atomic mass is 79.9. The van der Waals surface area contributed by atoms with Crippen molar-refractivity contribution in [2.24, 2.45) is 5.92 Å². The third kappa shape index (κ3) is 3.24. The summed E-state index contributed by atoms with van der Waals surface area (Å²) in [6.07, 6.45) is 1.21. The van der Waals surface area contributed by atoms with Crippen LogP contribution in [0.4, 0.5) is 5.69 Å². The molecule has 1 rings (SSSR count). The molecule has 0 amide bonds. The number of anilines is 1. The van der Waals surface area contributed by atoms with E-state index in [-0.39, 0.29) is 0 Å². The van der Waals surface area contributed by atoms with Crippen LogP contribution in [-0.2, 0) is 0 Å². The summed E-state index contributed by atoms with van der Waals surface area (Å²) in [6.45, 7) is 11.1. The smallest absolute Gasteiger partial charge is 0.0402 e. The number of nitrogens with one attached hydrogen (secondary N) is 1. The van der Waals surface area contributed by atoms with Crippen LogP contribution >= 0.6 is 15.9 Å². The molecule has 0 aromatic heterocycles. The van der Waals surface area contributed by atoms with Crippen molar-refractivity contribution in [3.8, 4) is 0 Å². The van der Waals surface area contributed by atoms with Gasteiger partial charge in [-0.2, -0.15) is 0 Å². The number of benzene rings is 1. The van der Waals surface area contributed by atoms with Crippen molar-refractivity contribution in [1.29, 1.82) is 0 Å². The van der Waals surface area contributed by atoms with E-state index in [1.54, 1.807) is 0 Å². The van der Waals surface area contributed by atoms with Crippen molar-refractivity contribution < 1.29 is 0 Å². The summed E-state index contributed by atoms with van der Waals surface area (Å²) in [5.74, 6) is 0.697. The number of aryl methyl sites for hydroxylation is 2. The Balaban J connectivity index is 2.89. The highest BCUT2D eigenvalue weighted by Gasteiger charge is 2.12. The van der Waals surface area contributed by atoms with Gasteiger partial charge in [0.05, 0.1) is 0 Å². The first-order valence-corrected chi connectivity index (χ1v) is 6.78. The van der Waals surface area contributed by atoms with Crippen LogP contribution in [0.5, 0.6) is 0 Å². The molecule has 1 aromatic rings. The minimum atomic E-state index is 0.517. The van der Waals surface area contributed by atoms with Gasteiger partial charge < -0.3 is 5.32 Å². The van der Waals surface area contributed by atoms with Gasteiger partial charge in [0.15, 0.2) is 0 Å². The lowest BCUT2D eigenvalue weighted by Crippen LogP contribution is -2.24. The predicted molar refractivity (Wildman–Crippen MR) is 76.2 cm³/mol. The Morgan fingerprint density at radius 2 is 1.69 bits per heavy atom.